The summed E-state index contributed by atoms with van der Waals surface area (Å²) in [5, 5.41) is 5.17. The molecule has 0 aliphatic heterocycles. The molecule has 0 saturated heterocycles. The molecule has 2 N–H and O–H groups in total. The first-order chi connectivity index (χ1) is 9.76. The minimum Gasteiger partial charge on any atom is -0.361 e. The van der Waals surface area contributed by atoms with Crippen molar-refractivity contribution in [2.45, 2.75) is 19.8 Å². The van der Waals surface area contributed by atoms with E-state index in [2.05, 4.69) is 28.3 Å². The molecule has 0 aliphatic carbocycles. The summed E-state index contributed by atoms with van der Waals surface area (Å²) in [5.74, 6) is 0.848. The van der Waals surface area contributed by atoms with Crippen LogP contribution in [0.3, 0.4) is 0 Å². The average molecular weight is 286 g/mol. The molecule has 4 heteroatoms. The van der Waals surface area contributed by atoms with Crippen molar-refractivity contribution in [2.24, 2.45) is 0 Å². The van der Waals surface area contributed by atoms with Gasteiger partial charge in [-0.3, -0.25) is 0 Å². The van der Waals surface area contributed by atoms with Gasteiger partial charge >= 0.3 is 0 Å². The van der Waals surface area contributed by atoms with Gasteiger partial charge in [0.25, 0.3) is 0 Å². The number of hydrogen-bond donors (Lipinski definition) is 2. The fraction of sp³-hybridized carbons (Fsp3) is 0.188. The number of benzene rings is 1. The van der Waals surface area contributed by atoms with Crippen LogP contribution in [-0.2, 0) is 6.42 Å². The Kier molecular flexibility index (Phi) is 3.61. The molecule has 0 unspecified atom stereocenters. The minimum atomic E-state index is 0.701. The number of H-pyrrole nitrogens is 1. The molecule has 0 aliphatic rings. The Morgan fingerprint density at radius 3 is 3.00 bits per heavy atom. The van der Waals surface area contributed by atoms with Crippen LogP contribution in [0.25, 0.3) is 10.9 Å². The molecule has 0 atom stereocenters. The van der Waals surface area contributed by atoms with E-state index in [1.54, 1.807) is 0 Å². The van der Waals surface area contributed by atoms with Crippen molar-refractivity contribution in [3.05, 3.63) is 53.3 Å². The van der Waals surface area contributed by atoms with Gasteiger partial charge in [0.2, 0.25) is 0 Å². The van der Waals surface area contributed by atoms with Gasteiger partial charge in [0.15, 0.2) is 0 Å². The van der Waals surface area contributed by atoms with Crippen molar-refractivity contribution in [2.75, 3.05) is 5.32 Å². The average Bonchev–Trinajstić information content (AvgIpc) is 2.87. The Labute approximate surface area is 123 Å². The molecule has 102 valence electrons. The first-order valence-electron chi connectivity index (χ1n) is 6.76. The predicted molar refractivity (Wildman–Crippen MR) is 84.8 cm³/mol. The lowest BCUT2D eigenvalue weighted by Gasteiger charge is -2.09. The summed E-state index contributed by atoms with van der Waals surface area (Å²) in [6, 6.07) is 11.9. The summed E-state index contributed by atoms with van der Waals surface area (Å²) in [7, 11) is 0. The largest absolute Gasteiger partial charge is 0.361 e. The predicted octanol–water partition coefficient (Wildman–Crippen LogP) is 4.91. The van der Waals surface area contributed by atoms with Gasteiger partial charge in [-0.25, -0.2) is 4.98 Å². The third-order valence-corrected chi connectivity index (χ3v) is 3.43. The highest BCUT2D eigenvalue weighted by molar-refractivity contribution is 6.31. The van der Waals surface area contributed by atoms with Gasteiger partial charge in [0.05, 0.1) is 5.69 Å². The first-order valence-corrected chi connectivity index (χ1v) is 7.13. The van der Waals surface area contributed by atoms with Crippen LogP contribution < -0.4 is 5.32 Å². The highest BCUT2D eigenvalue weighted by Crippen LogP contribution is 2.29. The van der Waals surface area contributed by atoms with Crippen LogP contribution in [0.5, 0.6) is 0 Å². The third-order valence-electron chi connectivity index (χ3n) is 3.21. The number of nitrogens with zero attached hydrogens (tertiary/aromatic N) is 1. The van der Waals surface area contributed by atoms with Gasteiger partial charge < -0.3 is 10.3 Å². The van der Waals surface area contributed by atoms with Crippen molar-refractivity contribution < 1.29 is 0 Å². The zero-order valence-electron chi connectivity index (χ0n) is 11.3. The number of fused-ring (bicyclic) bond motifs is 1. The molecule has 20 heavy (non-hydrogen) atoms. The van der Waals surface area contributed by atoms with Crippen molar-refractivity contribution in [3.8, 4) is 0 Å². The molecular weight excluding hydrogens is 270 g/mol. The smallest absolute Gasteiger partial charge is 0.130 e. The number of halogens is 1. The standard InChI is InChI=1S/C16H16ClN3/c1-2-4-12-5-3-6-16(19-12)20-15-10-11(17)9-14-13(15)7-8-18-14/h3,5-10,18H,2,4H2,1H3,(H,19,20). The van der Waals surface area contributed by atoms with Crippen LogP contribution in [-0.4, -0.2) is 9.97 Å². The highest BCUT2D eigenvalue weighted by atomic mass is 35.5. The topological polar surface area (TPSA) is 40.7 Å². The molecule has 0 fully saturated rings. The van der Waals surface area contributed by atoms with Crippen LogP contribution >= 0.6 is 11.6 Å². The van der Waals surface area contributed by atoms with E-state index < -0.39 is 0 Å². The molecule has 0 bridgehead atoms. The van der Waals surface area contributed by atoms with Crippen LogP contribution in [0, 0.1) is 0 Å². The molecule has 0 saturated carbocycles. The Bertz CT molecular complexity index is 733. The molecule has 1 aromatic carbocycles. The Morgan fingerprint density at radius 2 is 2.15 bits per heavy atom. The molecule has 2 heterocycles. The van der Waals surface area contributed by atoms with Crippen LogP contribution in [0.2, 0.25) is 5.02 Å². The van der Waals surface area contributed by atoms with E-state index in [9.17, 15) is 0 Å². The number of anilines is 2. The van der Waals surface area contributed by atoms with E-state index in [0.29, 0.717) is 5.02 Å². The second kappa shape index (κ2) is 5.55. The van der Waals surface area contributed by atoms with E-state index in [4.69, 9.17) is 11.6 Å². The lowest BCUT2D eigenvalue weighted by atomic mass is 10.2. The zero-order valence-corrected chi connectivity index (χ0v) is 12.0. The Morgan fingerprint density at radius 1 is 1.25 bits per heavy atom. The molecule has 0 radical (unpaired) electrons. The fourth-order valence-electron chi connectivity index (χ4n) is 2.32. The maximum absolute atomic E-state index is 6.15. The first kappa shape index (κ1) is 13.0. The lowest BCUT2D eigenvalue weighted by molar-refractivity contribution is 0.884. The lowest BCUT2D eigenvalue weighted by Crippen LogP contribution is -1.97. The van der Waals surface area contributed by atoms with Gasteiger partial charge in [-0.05, 0) is 36.8 Å². The number of aromatic nitrogens is 2. The normalized spacial score (nSPS) is 10.9. The second-order valence-corrected chi connectivity index (χ2v) is 5.22. The Hall–Kier alpha value is -2.00. The molecule has 0 amide bonds. The molecule has 3 nitrogen and oxygen atoms in total. The molecule has 2 aromatic heterocycles. The fourth-order valence-corrected chi connectivity index (χ4v) is 2.54. The summed E-state index contributed by atoms with van der Waals surface area (Å²) in [6.07, 6.45) is 3.99. The van der Waals surface area contributed by atoms with E-state index >= 15 is 0 Å². The summed E-state index contributed by atoms with van der Waals surface area (Å²) >= 11 is 6.15. The van der Waals surface area contributed by atoms with Crippen molar-refractivity contribution in [1.82, 2.24) is 9.97 Å². The number of aromatic amines is 1. The monoisotopic (exact) mass is 285 g/mol. The molecule has 0 spiro atoms. The van der Waals surface area contributed by atoms with Crippen molar-refractivity contribution in [3.63, 3.8) is 0 Å². The molecule has 3 aromatic rings. The van der Waals surface area contributed by atoms with Gasteiger partial charge in [0, 0.05) is 27.8 Å². The zero-order chi connectivity index (χ0) is 13.9. The van der Waals surface area contributed by atoms with Gasteiger partial charge in [-0.2, -0.15) is 0 Å². The van der Waals surface area contributed by atoms with Crippen LogP contribution in [0.4, 0.5) is 11.5 Å². The summed E-state index contributed by atoms with van der Waals surface area (Å²) in [5.41, 5.74) is 3.09. The molecular formula is C16H16ClN3. The van der Waals surface area contributed by atoms with E-state index in [-0.39, 0.29) is 0 Å². The summed E-state index contributed by atoms with van der Waals surface area (Å²) < 4.78 is 0. The number of hydrogen-bond acceptors (Lipinski definition) is 2. The highest BCUT2D eigenvalue weighted by Gasteiger charge is 2.05. The second-order valence-electron chi connectivity index (χ2n) is 4.78. The minimum absolute atomic E-state index is 0.701. The SMILES string of the molecule is CCCc1cccc(Nc2cc(Cl)cc3[nH]ccc23)n1. The van der Waals surface area contributed by atoms with Crippen molar-refractivity contribution in [1.29, 1.82) is 0 Å². The van der Waals surface area contributed by atoms with E-state index in [0.717, 1.165) is 40.9 Å². The maximum Gasteiger partial charge on any atom is 0.130 e. The summed E-state index contributed by atoms with van der Waals surface area (Å²) in [6.45, 7) is 2.15. The number of rotatable bonds is 4. The van der Waals surface area contributed by atoms with Gasteiger partial charge in [0.1, 0.15) is 5.82 Å². The maximum atomic E-state index is 6.15. The van der Waals surface area contributed by atoms with Gasteiger partial charge in [-0.15, -0.1) is 0 Å². The molecule has 3 rings (SSSR count). The number of pyridine rings is 1. The van der Waals surface area contributed by atoms with Crippen molar-refractivity contribution >= 4 is 34.0 Å². The van der Waals surface area contributed by atoms with E-state index in [1.807, 2.05) is 36.5 Å². The number of nitrogens with one attached hydrogen (secondary N) is 2. The van der Waals surface area contributed by atoms with E-state index in [1.165, 1.54) is 0 Å². The Balaban J connectivity index is 1.96. The van der Waals surface area contributed by atoms with Gasteiger partial charge in [-0.1, -0.05) is 31.0 Å². The quantitative estimate of drug-likeness (QED) is 0.715. The van der Waals surface area contributed by atoms with Crippen LogP contribution in [0.1, 0.15) is 19.0 Å². The van der Waals surface area contributed by atoms with Crippen LogP contribution in [0.15, 0.2) is 42.6 Å². The summed E-state index contributed by atoms with van der Waals surface area (Å²) in [4.78, 5) is 7.79. The third kappa shape index (κ3) is 2.63. The number of aryl methyl sites for hydroxylation is 1.